The molecule has 116 valence electrons. The van der Waals surface area contributed by atoms with Crippen molar-refractivity contribution in [1.82, 2.24) is 10.2 Å². The second kappa shape index (κ2) is 8.80. The Morgan fingerprint density at radius 1 is 1.19 bits per heavy atom. The molecule has 21 heavy (non-hydrogen) atoms. The van der Waals surface area contributed by atoms with Crippen molar-refractivity contribution in [1.29, 1.82) is 0 Å². The molecule has 0 aliphatic carbocycles. The summed E-state index contributed by atoms with van der Waals surface area (Å²) in [6.45, 7) is 3.28. The van der Waals surface area contributed by atoms with Crippen molar-refractivity contribution in [3.63, 3.8) is 0 Å². The molecule has 1 aromatic rings. The van der Waals surface area contributed by atoms with Crippen LogP contribution in [0, 0.1) is 0 Å². The van der Waals surface area contributed by atoms with Gasteiger partial charge in [0, 0.05) is 18.8 Å². The smallest absolute Gasteiger partial charge is 0.434 e. The maximum absolute atomic E-state index is 11.6. The van der Waals surface area contributed by atoms with Gasteiger partial charge in [0.05, 0.1) is 6.61 Å². The van der Waals surface area contributed by atoms with Gasteiger partial charge in [-0.15, -0.1) is 0 Å². The number of carbonyl (C=O) groups is 2. The average molecular weight is 295 g/mol. The third-order valence-electron chi connectivity index (χ3n) is 2.42. The Bertz CT molecular complexity index is 460. The molecule has 0 saturated heterocycles. The van der Waals surface area contributed by atoms with Crippen molar-refractivity contribution in [3.05, 3.63) is 24.3 Å². The highest BCUT2D eigenvalue weighted by Crippen LogP contribution is 2.16. The molecule has 0 atom stereocenters. The van der Waals surface area contributed by atoms with Crippen molar-refractivity contribution in [3.8, 4) is 5.75 Å². The number of nitrogens with one attached hydrogen (secondary N) is 2. The minimum atomic E-state index is -0.750. The molecule has 1 rings (SSSR count). The predicted molar refractivity (Wildman–Crippen MR) is 79.7 cm³/mol. The van der Waals surface area contributed by atoms with Crippen LogP contribution in [0.2, 0.25) is 0 Å². The number of urea groups is 1. The van der Waals surface area contributed by atoms with Crippen LogP contribution >= 0.6 is 0 Å². The van der Waals surface area contributed by atoms with E-state index < -0.39 is 6.16 Å². The molecule has 0 saturated carbocycles. The molecule has 2 N–H and O–H groups in total. The number of nitrogens with zero attached hydrogens (tertiary/aromatic N) is 1. The van der Waals surface area contributed by atoms with Crippen LogP contribution in [0.3, 0.4) is 0 Å². The van der Waals surface area contributed by atoms with Crippen LogP contribution in [0.25, 0.3) is 0 Å². The molecule has 2 amide bonds. The highest BCUT2D eigenvalue weighted by Gasteiger charge is 2.05. The summed E-state index contributed by atoms with van der Waals surface area (Å²) < 4.78 is 9.57. The van der Waals surface area contributed by atoms with E-state index in [0.29, 0.717) is 18.0 Å². The summed E-state index contributed by atoms with van der Waals surface area (Å²) in [4.78, 5) is 24.7. The van der Waals surface area contributed by atoms with Crippen molar-refractivity contribution < 1.29 is 19.1 Å². The summed E-state index contributed by atoms with van der Waals surface area (Å²) in [5.41, 5.74) is 0.605. The van der Waals surface area contributed by atoms with Gasteiger partial charge < -0.3 is 25.0 Å². The van der Waals surface area contributed by atoms with Gasteiger partial charge in [-0.25, -0.2) is 9.59 Å². The second-order valence-corrected chi connectivity index (χ2v) is 4.49. The average Bonchev–Trinajstić information content (AvgIpc) is 2.41. The van der Waals surface area contributed by atoms with Crippen molar-refractivity contribution in [2.45, 2.75) is 6.92 Å². The molecule has 0 aliphatic rings. The van der Waals surface area contributed by atoms with E-state index in [1.807, 2.05) is 19.0 Å². The van der Waals surface area contributed by atoms with Crippen molar-refractivity contribution >= 4 is 17.9 Å². The zero-order valence-electron chi connectivity index (χ0n) is 12.5. The lowest BCUT2D eigenvalue weighted by Crippen LogP contribution is -2.34. The highest BCUT2D eigenvalue weighted by atomic mass is 16.7. The largest absolute Gasteiger partial charge is 0.513 e. The van der Waals surface area contributed by atoms with Gasteiger partial charge in [-0.05, 0) is 45.3 Å². The van der Waals surface area contributed by atoms with Gasteiger partial charge in [-0.1, -0.05) is 0 Å². The number of hydrogen-bond acceptors (Lipinski definition) is 5. The van der Waals surface area contributed by atoms with Gasteiger partial charge in [0.25, 0.3) is 0 Å². The number of carbonyl (C=O) groups excluding carboxylic acids is 2. The zero-order valence-corrected chi connectivity index (χ0v) is 12.5. The summed E-state index contributed by atoms with van der Waals surface area (Å²) in [7, 11) is 3.86. The third-order valence-corrected chi connectivity index (χ3v) is 2.42. The first-order valence-corrected chi connectivity index (χ1v) is 6.65. The minimum Gasteiger partial charge on any atom is -0.434 e. The zero-order chi connectivity index (χ0) is 15.7. The maximum atomic E-state index is 11.6. The van der Waals surface area contributed by atoms with Crippen LogP contribution in [0.15, 0.2) is 24.3 Å². The normalized spacial score (nSPS) is 10.1. The fraction of sp³-hybridized carbons (Fsp3) is 0.429. The van der Waals surface area contributed by atoms with E-state index in [1.54, 1.807) is 31.2 Å². The van der Waals surface area contributed by atoms with E-state index in [4.69, 9.17) is 4.74 Å². The molecule has 0 unspecified atom stereocenters. The Labute approximate surface area is 124 Å². The first-order valence-electron chi connectivity index (χ1n) is 6.65. The number of amides is 2. The fourth-order valence-electron chi connectivity index (χ4n) is 1.42. The number of hydrogen-bond donors (Lipinski definition) is 2. The second-order valence-electron chi connectivity index (χ2n) is 4.49. The Morgan fingerprint density at radius 3 is 2.43 bits per heavy atom. The molecule has 0 fully saturated rings. The van der Waals surface area contributed by atoms with Crippen molar-refractivity contribution in [2.75, 3.05) is 39.1 Å². The van der Waals surface area contributed by atoms with E-state index >= 15 is 0 Å². The van der Waals surface area contributed by atoms with Crippen LogP contribution in [-0.2, 0) is 4.74 Å². The molecule has 0 spiro atoms. The van der Waals surface area contributed by atoms with Crippen LogP contribution in [-0.4, -0.2) is 50.9 Å². The van der Waals surface area contributed by atoms with Gasteiger partial charge in [-0.2, -0.15) is 0 Å². The summed E-state index contributed by atoms with van der Waals surface area (Å²) in [6, 6.07) is 6.15. The predicted octanol–water partition coefficient (Wildman–Crippen LogP) is 1.90. The Kier molecular flexibility index (Phi) is 7.03. The molecule has 0 radical (unpaired) electrons. The first kappa shape index (κ1) is 16.8. The van der Waals surface area contributed by atoms with Crippen LogP contribution in [0.1, 0.15) is 6.92 Å². The minimum absolute atomic E-state index is 0.256. The quantitative estimate of drug-likeness (QED) is 0.619. The van der Waals surface area contributed by atoms with Crippen molar-refractivity contribution in [2.24, 2.45) is 0 Å². The number of benzene rings is 1. The fourth-order valence-corrected chi connectivity index (χ4v) is 1.42. The molecular weight excluding hydrogens is 274 g/mol. The van der Waals surface area contributed by atoms with Gasteiger partial charge in [0.2, 0.25) is 0 Å². The Balaban J connectivity index is 2.40. The molecule has 1 aromatic carbocycles. The number of likely N-dealkylation sites (N-methyl/N-ethyl adjacent to an activating group) is 1. The van der Waals surface area contributed by atoms with Gasteiger partial charge >= 0.3 is 12.2 Å². The molecule has 0 aromatic heterocycles. The maximum Gasteiger partial charge on any atom is 0.513 e. The molecule has 0 heterocycles. The Hall–Kier alpha value is -2.28. The number of rotatable bonds is 6. The molecule has 7 heteroatoms. The van der Waals surface area contributed by atoms with Gasteiger partial charge in [0.1, 0.15) is 5.75 Å². The topological polar surface area (TPSA) is 79.9 Å². The standard InChI is InChI=1S/C14H21N3O4/c1-4-20-14(19)21-12-7-5-11(6-8-12)16-13(18)15-9-10-17(2)3/h5-8H,4,9-10H2,1-3H3,(H2,15,16,18). The summed E-state index contributed by atoms with van der Waals surface area (Å²) >= 11 is 0. The van der Waals surface area contributed by atoms with Gasteiger partial charge in [-0.3, -0.25) is 0 Å². The highest BCUT2D eigenvalue weighted by molar-refractivity contribution is 5.89. The molecule has 0 bridgehead atoms. The van der Waals surface area contributed by atoms with E-state index in [-0.39, 0.29) is 12.6 Å². The van der Waals surface area contributed by atoms with E-state index in [1.165, 1.54) is 0 Å². The van der Waals surface area contributed by atoms with Crippen LogP contribution in [0.5, 0.6) is 5.75 Å². The molecule has 7 nitrogen and oxygen atoms in total. The number of ether oxygens (including phenoxy) is 2. The van der Waals surface area contributed by atoms with Crippen LogP contribution in [0.4, 0.5) is 15.3 Å². The first-order chi connectivity index (χ1) is 10.0. The van der Waals surface area contributed by atoms with E-state index in [2.05, 4.69) is 15.4 Å². The van der Waals surface area contributed by atoms with Gasteiger partial charge in [0.15, 0.2) is 0 Å². The molecular formula is C14H21N3O4. The van der Waals surface area contributed by atoms with E-state index in [0.717, 1.165) is 6.54 Å². The molecule has 0 aliphatic heterocycles. The van der Waals surface area contributed by atoms with Crippen LogP contribution < -0.4 is 15.4 Å². The lowest BCUT2D eigenvalue weighted by molar-refractivity contribution is 0.104. The summed E-state index contributed by atoms with van der Waals surface area (Å²) in [5, 5.41) is 5.41. The van der Waals surface area contributed by atoms with E-state index in [9.17, 15) is 9.59 Å². The summed E-state index contributed by atoms with van der Waals surface area (Å²) in [6.07, 6.45) is -0.750. The monoisotopic (exact) mass is 295 g/mol. The lowest BCUT2D eigenvalue weighted by atomic mass is 10.3. The summed E-state index contributed by atoms with van der Waals surface area (Å²) in [5.74, 6) is 0.354. The lowest BCUT2D eigenvalue weighted by Gasteiger charge is -2.11. The number of anilines is 1. The Morgan fingerprint density at radius 2 is 1.86 bits per heavy atom. The SMILES string of the molecule is CCOC(=O)Oc1ccc(NC(=O)NCCN(C)C)cc1. The third kappa shape index (κ3) is 7.17.